The van der Waals surface area contributed by atoms with E-state index in [0.29, 0.717) is 0 Å². The number of hydrogen-bond donors (Lipinski definition) is 0. The van der Waals surface area contributed by atoms with Crippen molar-refractivity contribution in [2.24, 2.45) is 0 Å². The average Bonchev–Trinajstić information content (AvgIpc) is 3.05. The molecule has 3 heterocycles. The molecule has 0 spiro atoms. The number of thiazole rings is 1. The van der Waals surface area contributed by atoms with Crippen molar-refractivity contribution in [3.05, 3.63) is 46.6 Å². The highest BCUT2D eigenvalue weighted by Gasteiger charge is 2.16. The quantitative estimate of drug-likeness (QED) is 0.531. The van der Waals surface area contributed by atoms with Crippen molar-refractivity contribution in [1.29, 1.82) is 0 Å². The second kappa shape index (κ2) is 6.38. The van der Waals surface area contributed by atoms with Crippen LogP contribution in [0, 0.1) is 10.1 Å². The van der Waals surface area contributed by atoms with Crippen molar-refractivity contribution in [2.45, 2.75) is 0 Å². The van der Waals surface area contributed by atoms with Crippen LogP contribution in [0.5, 0.6) is 0 Å². The van der Waals surface area contributed by atoms with Gasteiger partial charge in [0.25, 0.3) is 5.69 Å². The van der Waals surface area contributed by atoms with Gasteiger partial charge in [0.1, 0.15) is 10.8 Å². The Labute approximate surface area is 148 Å². The van der Waals surface area contributed by atoms with Gasteiger partial charge in [0.05, 0.1) is 15.1 Å². The predicted molar refractivity (Wildman–Crippen MR) is 99.2 cm³/mol. The summed E-state index contributed by atoms with van der Waals surface area (Å²) in [5.41, 5.74) is 1.79. The van der Waals surface area contributed by atoms with Crippen LogP contribution in [0.25, 0.3) is 20.8 Å². The van der Waals surface area contributed by atoms with E-state index < -0.39 is 0 Å². The monoisotopic (exact) mass is 355 g/mol. The Kier molecular flexibility index (Phi) is 4.06. The van der Waals surface area contributed by atoms with Gasteiger partial charge < -0.3 is 9.80 Å². The summed E-state index contributed by atoms with van der Waals surface area (Å²) in [4.78, 5) is 24.3. The molecule has 1 saturated heterocycles. The molecule has 0 amide bonds. The van der Waals surface area contributed by atoms with E-state index >= 15 is 0 Å². The molecule has 0 N–H and O–H groups in total. The van der Waals surface area contributed by atoms with Crippen molar-refractivity contribution >= 4 is 33.1 Å². The molecular formula is C17H17N5O2S. The summed E-state index contributed by atoms with van der Waals surface area (Å²) in [5.74, 6) is 0.980. The summed E-state index contributed by atoms with van der Waals surface area (Å²) in [6.07, 6.45) is 1.83. The highest BCUT2D eigenvalue weighted by Crippen LogP contribution is 2.32. The number of pyridine rings is 1. The number of hydrogen-bond acceptors (Lipinski definition) is 7. The van der Waals surface area contributed by atoms with Crippen molar-refractivity contribution in [2.75, 3.05) is 38.1 Å². The average molecular weight is 355 g/mol. The van der Waals surface area contributed by atoms with Crippen LogP contribution >= 0.6 is 11.3 Å². The number of benzene rings is 1. The summed E-state index contributed by atoms with van der Waals surface area (Å²) in [6.45, 7) is 4.04. The normalized spacial score (nSPS) is 15.6. The molecule has 0 radical (unpaired) electrons. The molecule has 1 aliphatic heterocycles. The second-order valence-corrected chi connectivity index (χ2v) is 7.15. The minimum atomic E-state index is -0.384. The van der Waals surface area contributed by atoms with E-state index in [-0.39, 0.29) is 10.6 Å². The van der Waals surface area contributed by atoms with Gasteiger partial charge in [-0.3, -0.25) is 10.1 Å². The van der Waals surface area contributed by atoms with Crippen LogP contribution in [0.3, 0.4) is 0 Å². The Morgan fingerprint density at radius 1 is 1.16 bits per heavy atom. The molecular weight excluding hydrogens is 338 g/mol. The van der Waals surface area contributed by atoms with E-state index in [9.17, 15) is 10.1 Å². The molecule has 128 valence electrons. The van der Waals surface area contributed by atoms with E-state index in [2.05, 4.69) is 26.8 Å². The fraction of sp³-hybridized carbons (Fsp3) is 0.294. The van der Waals surface area contributed by atoms with Crippen LogP contribution in [-0.4, -0.2) is 53.0 Å². The maximum Gasteiger partial charge on any atom is 0.270 e. The smallest absolute Gasteiger partial charge is 0.270 e. The number of nitro groups is 1. The first-order valence-corrected chi connectivity index (χ1v) is 8.87. The van der Waals surface area contributed by atoms with E-state index in [1.807, 2.05) is 18.3 Å². The molecule has 0 bridgehead atoms. The highest BCUT2D eigenvalue weighted by molar-refractivity contribution is 7.21. The SMILES string of the molecule is CN1CCN(c2ccc(-c3nc4ccc([N+](=O)[O-])cc4s3)cn2)CC1. The van der Waals surface area contributed by atoms with Crippen molar-refractivity contribution in [3.63, 3.8) is 0 Å². The number of non-ortho nitro benzene ring substituents is 1. The molecule has 7 nitrogen and oxygen atoms in total. The molecule has 0 unspecified atom stereocenters. The summed E-state index contributed by atoms with van der Waals surface area (Å²) in [5, 5.41) is 11.7. The number of nitro benzene ring substituents is 1. The summed E-state index contributed by atoms with van der Waals surface area (Å²) < 4.78 is 0.812. The molecule has 0 saturated carbocycles. The van der Waals surface area contributed by atoms with E-state index in [1.54, 1.807) is 12.1 Å². The van der Waals surface area contributed by atoms with Crippen LogP contribution in [-0.2, 0) is 0 Å². The lowest BCUT2D eigenvalue weighted by Crippen LogP contribution is -2.44. The second-order valence-electron chi connectivity index (χ2n) is 6.12. The summed E-state index contributed by atoms with van der Waals surface area (Å²) in [6, 6.07) is 8.80. The Morgan fingerprint density at radius 2 is 1.96 bits per heavy atom. The third-order valence-corrected chi connectivity index (χ3v) is 5.47. The highest BCUT2D eigenvalue weighted by atomic mass is 32.1. The van der Waals surface area contributed by atoms with E-state index in [0.717, 1.165) is 52.8 Å². The summed E-state index contributed by atoms with van der Waals surface area (Å²) in [7, 11) is 2.13. The van der Waals surface area contributed by atoms with Gasteiger partial charge in [0.2, 0.25) is 0 Å². The lowest BCUT2D eigenvalue weighted by atomic mass is 10.2. The minimum Gasteiger partial charge on any atom is -0.354 e. The van der Waals surface area contributed by atoms with Gasteiger partial charge in [-0.2, -0.15) is 0 Å². The van der Waals surface area contributed by atoms with Gasteiger partial charge in [0.15, 0.2) is 0 Å². The number of rotatable bonds is 3. The van der Waals surface area contributed by atoms with E-state index in [4.69, 9.17) is 0 Å². The molecule has 4 rings (SSSR count). The molecule has 2 aromatic heterocycles. The van der Waals surface area contributed by atoms with Crippen molar-refractivity contribution < 1.29 is 4.92 Å². The number of anilines is 1. The molecule has 1 aliphatic rings. The maximum atomic E-state index is 10.9. The van der Waals surface area contributed by atoms with Crippen LogP contribution in [0.4, 0.5) is 11.5 Å². The first-order valence-electron chi connectivity index (χ1n) is 8.05. The van der Waals surface area contributed by atoms with Crippen LogP contribution in [0.1, 0.15) is 0 Å². The Hall–Kier alpha value is -2.58. The fourth-order valence-electron chi connectivity index (χ4n) is 2.89. The van der Waals surface area contributed by atoms with Crippen molar-refractivity contribution in [1.82, 2.24) is 14.9 Å². The molecule has 3 aromatic rings. The minimum absolute atomic E-state index is 0.0891. The van der Waals surface area contributed by atoms with Gasteiger partial charge in [-0.25, -0.2) is 9.97 Å². The zero-order valence-electron chi connectivity index (χ0n) is 13.8. The van der Waals surface area contributed by atoms with Gasteiger partial charge in [-0.05, 0) is 25.2 Å². The third-order valence-electron chi connectivity index (χ3n) is 4.40. The Balaban J connectivity index is 1.59. The van der Waals surface area contributed by atoms with Gasteiger partial charge >= 0.3 is 0 Å². The van der Waals surface area contributed by atoms with Gasteiger partial charge in [-0.1, -0.05) is 0 Å². The number of fused-ring (bicyclic) bond motifs is 1. The molecule has 0 atom stereocenters. The lowest BCUT2D eigenvalue weighted by Gasteiger charge is -2.33. The molecule has 0 aliphatic carbocycles. The van der Waals surface area contributed by atoms with Crippen LogP contribution in [0.15, 0.2) is 36.5 Å². The van der Waals surface area contributed by atoms with E-state index in [1.165, 1.54) is 17.4 Å². The van der Waals surface area contributed by atoms with Crippen LogP contribution < -0.4 is 4.90 Å². The summed E-state index contributed by atoms with van der Waals surface area (Å²) >= 11 is 1.45. The Morgan fingerprint density at radius 3 is 2.64 bits per heavy atom. The first-order chi connectivity index (χ1) is 12.1. The van der Waals surface area contributed by atoms with Crippen LogP contribution in [0.2, 0.25) is 0 Å². The number of aromatic nitrogens is 2. The van der Waals surface area contributed by atoms with Gasteiger partial charge in [-0.15, -0.1) is 11.3 Å². The zero-order valence-corrected chi connectivity index (χ0v) is 14.6. The zero-order chi connectivity index (χ0) is 17.4. The third kappa shape index (κ3) is 3.18. The maximum absolute atomic E-state index is 10.9. The van der Waals surface area contributed by atoms with Crippen molar-refractivity contribution in [3.8, 4) is 10.6 Å². The Bertz CT molecular complexity index is 916. The predicted octanol–water partition coefficient (Wildman–Crippen LogP) is 3.02. The molecule has 1 aromatic carbocycles. The molecule has 25 heavy (non-hydrogen) atoms. The molecule has 8 heteroatoms. The standard InChI is InChI=1S/C17H17N5O2S/c1-20-6-8-21(9-7-20)16-5-2-12(11-18-16)17-19-14-4-3-13(22(23)24)10-15(14)25-17/h2-5,10-11H,6-9H2,1H3. The van der Waals surface area contributed by atoms with Gasteiger partial charge in [0, 0.05) is 50.1 Å². The number of likely N-dealkylation sites (N-methyl/N-ethyl adjacent to an activating group) is 1. The topological polar surface area (TPSA) is 75.4 Å². The number of piperazine rings is 1. The first kappa shape index (κ1) is 15.9. The largest absolute Gasteiger partial charge is 0.354 e. The lowest BCUT2D eigenvalue weighted by molar-refractivity contribution is -0.384. The fourth-order valence-corrected chi connectivity index (χ4v) is 3.87. The number of nitrogens with zero attached hydrogens (tertiary/aromatic N) is 5. The molecule has 1 fully saturated rings.